The maximum atomic E-state index is 12.5. The van der Waals surface area contributed by atoms with E-state index < -0.39 is 0 Å². The molecule has 0 unspecified atom stereocenters. The van der Waals surface area contributed by atoms with Crippen LogP contribution in [0.5, 0.6) is 0 Å². The molecule has 0 fully saturated rings. The lowest BCUT2D eigenvalue weighted by atomic mass is 10.1. The van der Waals surface area contributed by atoms with Gasteiger partial charge in [0.2, 0.25) is 5.95 Å². The minimum Gasteiger partial charge on any atom is -0.306 e. The molecule has 7 nitrogen and oxygen atoms in total. The van der Waals surface area contributed by atoms with Crippen molar-refractivity contribution in [2.24, 2.45) is 0 Å². The summed E-state index contributed by atoms with van der Waals surface area (Å²) >= 11 is 0. The molecule has 0 aliphatic rings. The molecule has 26 heavy (non-hydrogen) atoms. The molecule has 1 aromatic carbocycles. The van der Waals surface area contributed by atoms with Crippen LogP contribution in [0.3, 0.4) is 0 Å². The molecule has 3 aromatic rings. The van der Waals surface area contributed by atoms with Crippen molar-refractivity contribution in [1.82, 2.24) is 19.7 Å². The maximum absolute atomic E-state index is 12.5. The van der Waals surface area contributed by atoms with Gasteiger partial charge in [-0.1, -0.05) is 24.6 Å². The van der Waals surface area contributed by atoms with Crippen LogP contribution in [0.15, 0.2) is 35.1 Å². The summed E-state index contributed by atoms with van der Waals surface area (Å²) in [4.78, 5) is 32.0. The van der Waals surface area contributed by atoms with Crippen molar-refractivity contribution in [1.29, 1.82) is 0 Å². The monoisotopic (exact) mass is 351 g/mol. The Morgan fingerprint density at radius 3 is 2.65 bits per heavy atom. The first-order chi connectivity index (χ1) is 12.4. The van der Waals surface area contributed by atoms with Crippen molar-refractivity contribution in [2.75, 3.05) is 5.32 Å². The van der Waals surface area contributed by atoms with E-state index in [1.54, 1.807) is 19.1 Å². The van der Waals surface area contributed by atoms with Gasteiger partial charge in [-0.15, -0.1) is 0 Å². The van der Waals surface area contributed by atoms with E-state index >= 15 is 0 Å². The first-order valence-corrected chi connectivity index (χ1v) is 8.44. The number of hydrogen-bond acceptors (Lipinski definition) is 4. The molecule has 0 aliphatic carbocycles. The summed E-state index contributed by atoms with van der Waals surface area (Å²) in [5, 5.41) is 7.19. The Morgan fingerprint density at radius 1 is 1.23 bits per heavy atom. The third kappa shape index (κ3) is 3.42. The van der Waals surface area contributed by atoms with Crippen LogP contribution in [0.4, 0.5) is 5.82 Å². The highest BCUT2D eigenvalue weighted by molar-refractivity contribution is 6.04. The zero-order valence-corrected chi connectivity index (χ0v) is 15.3. The van der Waals surface area contributed by atoms with Gasteiger partial charge in [0, 0.05) is 22.9 Å². The first-order valence-electron chi connectivity index (χ1n) is 8.44. The zero-order chi connectivity index (χ0) is 18.8. The SMILES string of the molecule is CCc1c(C)nc(-n2nc(C)cc2NC(=O)c2cccc(C)c2)[nH]c1=O. The Labute approximate surface area is 151 Å². The summed E-state index contributed by atoms with van der Waals surface area (Å²) in [5.41, 5.74) is 3.34. The van der Waals surface area contributed by atoms with Crippen LogP contribution < -0.4 is 10.9 Å². The van der Waals surface area contributed by atoms with Crippen molar-refractivity contribution in [3.05, 3.63) is 68.8 Å². The standard InChI is InChI=1S/C19H21N5O2/c1-5-15-13(4)20-19(22-18(15)26)24-16(10-12(3)23-24)21-17(25)14-8-6-7-11(2)9-14/h6-10H,5H2,1-4H3,(H,21,25)(H,20,22,26). The average Bonchev–Trinajstić information content (AvgIpc) is 2.95. The van der Waals surface area contributed by atoms with Crippen LogP contribution in [-0.4, -0.2) is 25.7 Å². The van der Waals surface area contributed by atoms with Crippen LogP contribution in [-0.2, 0) is 6.42 Å². The molecule has 2 heterocycles. The fraction of sp³-hybridized carbons (Fsp3) is 0.263. The quantitative estimate of drug-likeness (QED) is 0.756. The third-order valence-electron chi connectivity index (χ3n) is 4.12. The average molecular weight is 351 g/mol. The predicted octanol–water partition coefficient (Wildman–Crippen LogP) is 2.70. The van der Waals surface area contributed by atoms with Gasteiger partial charge in [0.15, 0.2) is 0 Å². The molecule has 0 aliphatic heterocycles. The summed E-state index contributed by atoms with van der Waals surface area (Å²) in [5.74, 6) is 0.470. The zero-order valence-electron chi connectivity index (χ0n) is 15.3. The smallest absolute Gasteiger partial charge is 0.256 e. The Hall–Kier alpha value is -3.22. The molecule has 0 saturated carbocycles. The number of aryl methyl sites for hydroxylation is 3. The Bertz CT molecular complexity index is 1030. The number of carbonyl (C=O) groups excluding carboxylic acids is 1. The van der Waals surface area contributed by atoms with Gasteiger partial charge in [-0.05, 0) is 39.3 Å². The number of H-pyrrole nitrogens is 1. The molecule has 2 aromatic heterocycles. The van der Waals surface area contributed by atoms with E-state index in [4.69, 9.17) is 0 Å². The Balaban J connectivity index is 1.99. The molecule has 1 amide bonds. The highest BCUT2D eigenvalue weighted by Gasteiger charge is 2.15. The van der Waals surface area contributed by atoms with E-state index in [0.717, 1.165) is 5.56 Å². The van der Waals surface area contributed by atoms with E-state index in [0.29, 0.717) is 34.8 Å². The van der Waals surface area contributed by atoms with Crippen molar-refractivity contribution in [3.63, 3.8) is 0 Å². The van der Waals surface area contributed by atoms with Crippen LogP contribution in [0.2, 0.25) is 0 Å². The molecular formula is C19H21N5O2. The number of hydrogen-bond donors (Lipinski definition) is 2. The molecule has 0 bridgehead atoms. The van der Waals surface area contributed by atoms with Gasteiger partial charge in [-0.2, -0.15) is 9.78 Å². The summed E-state index contributed by atoms with van der Waals surface area (Å²) in [6.07, 6.45) is 0.601. The number of carbonyl (C=O) groups is 1. The molecule has 134 valence electrons. The minimum atomic E-state index is -0.251. The summed E-state index contributed by atoms with van der Waals surface area (Å²) in [6, 6.07) is 9.05. The summed E-state index contributed by atoms with van der Waals surface area (Å²) < 4.78 is 1.44. The largest absolute Gasteiger partial charge is 0.306 e. The second-order valence-electron chi connectivity index (χ2n) is 6.21. The minimum absolute atomic E-state index is 0.195. The second-order valence-corrected chi connectivity index (χ2v) is 6.21. The topological polar surface area (TPSA) is 92.7 Å². The lowest BCUT2D eigenvalue weighted by Crippen LogP contribution is -2.22. The van der Waals surface area contributed by atoms with Crippen LogP contribution in [0.1, 0.15) is 39.8 Å². The highest BCUT2D eigenvalue weighted by atomic mass is 16.1. The van der Waals surface area contributed by atoms with Gasteiger partial charge in [-0.25, -0.2) is 4.98 Å². The van der Waals surface area contributed by atoms with E-state index in [-0.39, 0.29) is 17.4 Å². The molecule has 0 spiro atoms. The van der Waals surface area contributed by atoms with Crippen LogP contribution in [0.25, 0.3) is 5.95 Å². The van der Waals surface area contributed by atoms with E-state index in [1.807, 2.05) is 39.0 Å². The lowest BCUT2D eigenvalue weighted by Gasteiger charge is -2.10. The molecule has 0 saturated heterocycles. The second kappa shape index (κ2) is 6.95. The predicted molar refractivity (Wildman–Crippen MR) is 100.0 cm³/mol. The van der Waals surface area contributed by atoms with Gasteiger partial charge < -0.3 is 5.32 Å². The maximum Gasteiger partial charge on any atom is 0.256 e. The first kappa shape index (κ1) is 17.6. The highest BCUT2D eigenvalue weighted by Crippen LogP contribution is 2.16. The van der Waals surface area contributed by atoms with Gasteiger partial charge >= 0.3 is 0 Å². The van der Waals surface area contributed by atoms with Crippen LogP contribution in [0, 0.1) is 20.8 Å². The number of anilines is 1. The third-order valence-corrected chi connectivity index (χ3v) is 4.12. The Kier molecular flexibility index (Phi) is 4.71. The lowest BCUT2D eigenvalue weighted by molar-refractivity contribution is 0.102. The van der Waals surface area contributed by atoms with Crippen LogP contribution >= 0.6 is 0 Å². The molecule has 2 N–H and O–H groups in total. The van der Waals surface area contributed by atoms with E-state index in [1.165, 1.54) is 4.68 Å². The summed E-state index contributed by atoms with van der Waals surface area (Å²) in [6.45, 7) is 7.44. The molecular weight excluding hydrogens is 330 g/mol. The fourth-order valence-electron chi connectivity index (χ4n) is 2.84. The fourth-order valence-corrected chi connectivity index (χ4v) is 2.84. The normalized spacial score (nSPS) is 10.8. The number of aromatic amines is 1. The van der Waals surface area contributed by atoms with Gasteiger partial charge in [0.25, 0.3) is 11.5 Å². The van der Waals surface area contributed by atoms with Gasteiger partial charge in [0.1, 0.15) is 5.82 Å². The number of benzene rings is 1. The number of rotatable bonds is 4. The molecule has 7 heteroatoms. The van der Waals surface area contributed by atoms with Gasteiger partial charge in [0.05, 0.1) is 5.69 Å². The van der Waals surface area contributed by atoms with Crippen molar-refractivity contribution in [3.8, 4) is 5.95 Å². The number of nitrogens with zero attached hydrogens (tertiary/aromatic N) is 3. The number of aromatic nitrogens is 4. The van der Waals surface area contributed by atoms with Crippen molar-refractivity contribution in [2.45, 2.75) is 34.1 Å². The van der Waals surface area contributed by atoms with E-state index in [2.05, 4.69) is 20.4 Å². The summed E-state index contributed by atoms with van der Waals surface area (Å²) in [7, 11) is 0. The Morgan fingerprint density at radius 2 is 2.00 bits per heavy atom. The molecule has 3 rings (SSSR count). The molecule has 0 radical (unpaired) electrons. The molecule has 0 atom stereocenters. The number of amides is 1. The van der Waals surface area contributed by atoms with Crippen molar-refractivity contribution < 1.29 is 4.79 Å². The van der Waals surface area contributed by atoms with E-state index in [9.17, 15) is 9.59 Å². The van der Waals surface area contributed by atoms with Crippen molar-refractivity contribution >= 4 is 11.7 Å². The van der Waals surface area contributed by atoms with Gasteiger partial charge in [-0.3, -0.25) is 14.6 Å². The number of nitrogens with one attached hydrogen (secondary N) is 2.